The summed E-state index contributed by atoms with van der Waals surface area (Å²) in [5.74, 6) is 0.854. The molecular weight excluding hydrogens is 250 g/mol. The number of hydrogen-bond donors (Lipinski definition) is 1. The second-order valence-electron chi connectivity index (χ2n) is 5.24. The Morgan fingerprint density at radius 2 is 2.05 bits per heavy atom. The summed E-state index contributed by atoms with van der Waals surface area (Å²) in [6.07, 6.45) is 0.157. The molecule has 2 rings (SSSR count). The minimum Gasteiger partial charge on any atom is -0.491 e. The molecule has 20 heavy (non-hydrogen) atoms. The molecule has 0 amide bonds. The third kappa shape index (κ3) is 3.20. The van der Waals surface area contributed by atoms with Gasteiger partial charge in [0, 0.05) is 6.54 Å². The first-order valence-electron chi connectivity index (χ1n) is 7.07. The molecule has 0 aliphatic carbocycles. The zero-order chi connectivity index (χ0) is 14.7. The number of ether oxygens (including phenoxy) is 1. The second-order valence-corrected chi connectivity index (χ2v) is 5.24. The van der Waals surface area contributed by atoms with Gasteiger partial charge >= 0.3 is 0 Å². The summed E-state index contributed by atoms with van der Waals surface area (Å²) in [5, 5.41) is 4.45. The predicted molar refractivity (Wildman–Crippen MR) is 80.9 cm³/mol. The molecule has 2 aromatic rings. The molecule has 2 N–H and O–H groups in total. The van der Waals surface area contributed by atoms with Crippen LogP contribution in [0.3, 0.4) is 0 Å². The molecule has 108 valence electrons. The first kappa shape index (κ1) is 14.6. The van der Waals surface area contributed by atoms with E-state index in [4.69, 9.17) is 10.5 Å². The van der Waals surface area contributed by atoms with Gasteiger partial charge in [-0.05, 0) is 51.5 Å². The number of nitrogens with zero attached hydrogens (tertiary/aromatic N) is 2. The molecule has 0 saturated heterocycles. The van der Waals surface area contributed by atoms with Crippen molar-refractivity contribution in [1.82, 2.24) is 9.78 Å². The second kappa shape index (κ2) is 6.09. The molecule has 0 spiro atoms. The summed E-state index contributed by atoms with van der Waals surface area (Å²) in [6, 6.07) is 9.83. The van der Waals surface area contributed by atoms with Gasteiger partial charge in [0.15, 0.2) is 0 Å². The summed E-state index contributed by atoms with van der Waals surface area (Å²) in [4.78, 5) is 0. The molecule has 1 atom stereocenters. The summed E-state index contributed by atoms with van der Waals surface area (Å²) in [5.41, 5.74) is 9.46. The molecule has 1 aromatic heterocycles. The van der Waals surface area contributed by atoms with Crippen LogP contribution in [0.25, 0.3) is 0 Å². The van der Waals surface area contributed by atoms with Gasteiger partial charge in [0.05, 0.1) is 23.5 Å². The predicted octanol–water partition coefficient (Wildman–Crippen LogP) is 3.05. The Morgan fingerprint density at radius 3 is 2.70 bits per heavy atom. The Morgan fingerprint density at radius 1 is 1.30 bits per heavy atom. The van der Waals surface area contributed by atoms with Gasteiger partial charge in [-0.1, -0.05) is 12.1 Å². The van der Waals surface area contributed by atoms with E-state index < -0.39 is 0 Å². The Bertz CT molecular complexity index is 575. The van der Waals surface area contributed by atoms with E-state index in [0.29, 0.717) is 0 Å². The van der Waals surface area contributed by atoms with Gasteiger partial charge in [0.2, 0.25) is 0 Å². The Labute approximate surface area is 120 Å². The maximum atomic E-state index is 6.39. The highest BCUT2D eigenvalue weighted by atomic mass is 16.5. The fourth-order valence-electron chi connectivity index (χ4n) is 2.29. The number of aromatic nitrogens is 2. The summed E-state index contributed by atoms with van der Waals surface area (Å²) in [7, 11) is 0. The zero-order valence-electron chi connectivity index (χ0n) is 12.6. The molecule has 4 heteroatoms. The van der Waals surface area contributed by atoms with Crippen LogP contribution < -0.4 is 10.5 Å². The van der Waals surface area contributed by atoms with Crippen molar-refractivity contribution in [3.8, 4) is 5.75 Å². The van der Waals surface area contributed by atoms with Crippen LogP contribution in [0.4, 0.5) is 0 Å². The smallest absolute Gasteiger partial charge is 0.120 e. The van der Waals surface area contributed by atoms with Crippen molar-refractivity contribution in [2.45, 2.75) is 46.4 Å². The van der Waals surface area contributed by atoms with Gasteiger partial charge < -0.3 is 10.5 Å². The normalized spacial score (nSPS) is 12.7. The van der Waals surface area contributed by atoms with Crippen LogP contribution in [-0.4, -0.2) is 15.9 Å². The molecule has 1 unspecified atom stereocenters. The summed E-state index contributed by atoms with van der Waals surface area (Å²) < 4.78 is 7.68. The van der Waals surface area contributed by atoms with Crippen molar-refractivity contribution in [2.24, 2.45) is 5.73 Å². The van der Waals surface area contributed by atoms with E-state index in [1.54, 1.807) is 0 Å². The number of nitrogens with two attached hydrogens (primary N) is 1. The summed E-state index contributed by atoms with van der Waals surface area (Å²) in [6.45, 7) is 8.91. The van der Waals surface area contributed by atoms with Crippen LogP contribution >= 0.6 is 0 Å². The monoisotopic (exact) mass is 273 g/mol. The molecular formula is C16H23N3O. The molecule has 0 aliphatic heterocycles. The molecule has 0 bridgehead atoms. The first-order chi connectivity index (χ1) is 9.51. The third-order valence-electron chi connectivity index (χ3n) is 3.14. The van der Waals surface area contributed by atoms with Crippen LogP contribution in [0.2, 0.25) is 0 Å². The average molecular weight is 273 g/mol. The SMILES string of the molecule is CCn1nc(C)cc1C(N)c1cccc(OC(C)C)c1. The number of aryl methyl sites for hydroxylation is 2. The lowest BCUT2D eigenvalue weighted by Gasteiger charge is -2.16. The number of hydrogen-bond acceptors (Lipinski definition) is 3. The van der Waals surface area contributed by atoms with Crippen LogP contribution in [0, 0.1) is 6.92 Å². The van der Waals surface area contributed by atoms with E-state index >= 15 is 0 Å². The molecule has 0 radical (unpaired) electrons. The standard InChI is InChI=1S/C16H23N3O/c1-5-19-15(9-12(4)18-19)16(17)13-7-6-8-14(10-13)20-11(2)3/h6-11,16H,5,17H2,1-4H3. The van der Waals surface area contributed by atoms with Crippen LogP contribution in [0.5, 0.6) is 5.75 Å². The van der Waals surface area contributed by atoms with Gasteiger partial charge in [0.1, 0.15) is 5.75 Å². The van der Waals surface area contributed by atoms with Gasteiger partial charge in [-0.25, -0.2) is 0 Å². The Hall–Kier alpha value is -1.81. The Balaban J connectivity index is 2.30. The summed E-state index contributed by atoms with van der Waals surface area (Å²) >= 11 is 0. The lowest BCUT2D eigenvalue weighted by Crippen LogP contribution is -2.17. The molecule has 1 heterocycles. The highest BCUT2D eigenvalue weighted by Crippen LogP contribution is 2.24. The lowest BCUT2D eigenvalue weighted by molar-refractivity contribution is 0.242. The average Bonchev–Trinajstić information content (AvgIpc) is 2.78. The minimum atomic E-state index is -0.188. The number of rotatable bonds is 5. The van der Waals surface area contributed by atoms with Crippen molar-refractivity contribution in [3.05, 3.63) is 47.3 Å². The van der Waals surface area contributed by atoms with Crippen LogP contribution in [0.1, 0.15) is 43.8 Å². The maximum Gasteiger partial charge on any atom is 0.120 e. The molecule has 1 aromatic carbocycles. The topological polar surface area (TPSA) is 53.1 Å². The van der Waals surface area contributed by atoms with Crippen LogP contribution in [0.15, 0.2) is 30.3 Å². The van der Waals surface area contributed by atoms with E-state index in [-0.39, 0.29) is 12.1 Å². The van der Waals surface area contributed by atoms with E-state index in [1.807, 2.05) is 55.8 Å². The van der Waals surface area contributed by atoms with Gasteiger partial charge in [-0.15, -0.1) is 0 Å². The van der Waals surface area contributed by atoms with Gasteiger partial charge in [0.25, 0.3) is 0 Å². The quantitative estimate of drug-likeness (QED) is 0.911. The van der Waals surface area contributed by atoms with Gasteiger partial charge in [-0.2, -0.15) is 5.10 Å². The molecule has 0 saturated carbocycles. The largest absolute Gasteiger partial charge is 0.491 e. The van der Waals surface area contributed by atoms with E-state index in [2.05, 4.69) is 12.0 Å². The van der Waals surface area contributed by atoms with E-state index in [9.17, 15) is 0 Å². The van der Waals surface area contributed by atoms with Gasteiger partial charge in [-0.3, -0.25) is 4.68 Å². The third-order valence-corrected chi connectivity index (χ3v) is 3.14. The molecule has 0 fully saturated rings. The van der Waals surface area contributed by atoms with Crippen molar-refractivity contribution >= 4 is 0 Å². The van der Waals surface area contributed by atoms with Crippen molar-refractivity contribution in [1.29, 1.82) is 0 Å². The van der Waals surface area contributed by atoms with Crippen molar-refractivity contribution < 1.29 is 4.74 Å². The van der Waals surface area contributed by atoms with Crippen LogP contribution in [-0.2, 0) is 6.54 Å². The van der Waals surface area contributed by atoms with E-state index in [1.165, 1.54) is 0 Å². The number of benzene rings is 1. The van der Waals surface area contributed by atoms with E-state index in [0.717, 1.165) is 29.2 Å². The Kier molecular flexibility index (Phi) is 4.45. The highest BCUT2D eigenvalue weighted by Gasteiger charge is 2.15. The maximum absolute atomic E-state index is 6.39. The highest BCUT2D eigenvalue weighted by molar-refractivity contribution is 5.35. The first-order valence-corrected chi connectivity index (χ1v) is 7.07. The molecule has 4 nitrogen and oxygen atoms in total. The fourth-order valence-corrected chi connectivity index (χ4v) is 2.29. The zero-order valence-corrected chi connectivity index (χ0v) is 12.6. The van der Waals surface area contributed by atoms with Crippen molar-refractivity contribution in [2.75, 3.05) is 0 Å². The fraction of sp³-hybridized carbons (Fsp3) is 0.438. The molecule has 0 aliphatic rings. The lowest BCUT2D eigenvalue weighted by atomic mass is 10.0. The van der Waals surface area contributed by atoms with Crippen molar-refractivity contribution in [3.63, 3.8) is 0 Å². The minimum absolute atomic E-state index is 0.157.